The molecule has 3 aromatic rings. The molecule has 3 atom stereocenters. The molecule has 3 aliphatic rings. The fraction of sp³-hybridized carbons (Fsp3) is 0.528. The first kappa shape index (κ1) is 38.8. The normalized spacial score (nSPS) is 23.7. The molecule has 4 amide bonds. The van der Waals surface area contributed by atoms with Gasteiger partial charge < -0.3 is 25.0 Å². The summed E-state index contributed by atoms with van der Waals surface area (Å²) < 4.78 is 80.6. The molecule has 0 saturated heterocycles. The van der Waals surface area contributed by atoms with E-state index in [-0.39, 0.29) is 36.6 Å². The molecule has 1 aliphatic heterocycles. The van der Waals surface area contributed by atoms with Gasteiger partial charge in [0.1, 0.15) is 23.1 Å². The predicted octanol–water partition coefficient (Wildman–Crippen LogP) is 4.36. The maximum atomic E-state index is 14.0. The van der Waals surface area contributed by atoms with E-state index < -0.39 is 62.0 Å². The molecule has 0 spiro atoms. The van der Waals surface area contributed by atoms with E-state index in [4.69, 9.17) is 9.47 Å². The third kappa shape index (κ3) is 7.70. The van der Waals surface area contributed by atoms with Gasteiger partial charge in [0, 0.05) is 50.0 Å². The summed E-state index contributed by atoms with van der Waals surface area (Å²) in [6.45, 7) is 3.57. The number of hydrogen-bond acceptors (Lipinski definition) is 9. The van der Waals surface area contributed by atoms with Crippen molar-refractivity contribution in [1.29, 1.82) is 0 Å². The van der Waals surface area contributed by atoms with E-state index in [0.717, 1.165) is 17.2 Å². The minimum atomic E-state index is -4.68. The van der Waals surface area contributed by atoms with Crippen LogP contribution >= 0.6 is 0 Å². The van der Waals surface area contributed by atoms with Crippen molar-refractivity contribution >= 4 is 38.8 Å². The summed E-state index contributed by atoms with van der Waals surface area (Å²) in [6, 6.07) is 4.01. The van der Waals surface area contributed by atoms with Gasteiger partial charge in [0.15, 0.2) is 5.69 Å². The predicted molar refractivity (Wildman–Crippen MR) is 192 cm³/mol. The van der Waals surface area contributed by atoms with Crippen molar-refractivity contribution in [3.63, 3.8) is 0 Å². The van der Waals surface area contributed by atoms with Crippen LogP contribution in [-0.4, -0.2) is 89.6 Å². The summed E-state index contributed by atoms with van der Waals surface area (Å²) in [5, 5.41) is 9.64. The summed E-state index contributed by atoms with van der Waals surface area (Å²) in [5.41, 5.74) is -1.41. The van der Waals surface area contributed by atoms with Crippen molar-refractivity contribution < 1.29 is 45.4 Å². The number of carbonyl (C=O) groups is 3. The summed E-state index contributed by atoms with van der Waals surface area (Å²) >= 11 is 0. The minimum Gasteiger partial charge on any atom is -0.496 e. The van der Waals surface area contributed by atoms with Crippen LogP contribution in [0.2, 0.25) is 0 Å². The van der Waals surface area contributed by atoms with E-state index in [9.17, 15) is 36.0 Å². The number of sulfonamides is 1. The number of aromatic nitrogens is 3. The number of halogens is 3. The average molecular weight is 776 g/mol. The molecule has 0 unspecified atom stereocenters. The lowest BCUT2D eigenvalue weighted by Gasteiger charge is -2.26. The Labute approximate surface area is 310 Å². The maximum Gasteiger partial charge on any atom is 0.435 e. The highest BCUT2D eigenvalue weighted by molar-refractivity contribution is 7.91. The smallest absolute Gasteiger partial charge is 0.435 e. The third-order valence-electron chi connectivity index (χ3n) is 10.5. The van der Waals surface area contributed by atoms with E-state index in [1.54, 1.807) is 33.0 Å². The lowest BCUT2D eigenvalue weighted by molar-refractivity contribution is -0.141. The van der Waals surface area contributed by atoms with Crippen LogP contribution in [0.3, 0.4) is 0 Å². The first-order valence-corrected chi connectivity index (χ1v) is 19.2. The summed E-state index contributed by atoms with van der Waals surface area (Å²) in [7, 11) is 0.448. The number of amides is 4. The van der Waals surface area contributed by atoms with Gasteiger partial charge in [-0.15, -0.1) is 0 Å². The highest BCUT2D eigenvalue weighted by Crippen LogP contribution is 2.47. The molecule has 54 heavy (non-hydrogen) atoms. The number of hydrogen-bond donors (Lipinski definition) is 3. The Kier molecular flexibility index (Phi) is 10.4. The first-order valence-electron chi connectivity index (χ1n) is 17.7. The Bertz CT molecular complexity index is 2120. The van der Waals surface area contributed by atoms with Crippen LogP contribution in [0.5, 0.6) is 11.5 Å². The SMILES string of the molecule is COc1ccc2c(OCC[C@@H]3NC(=O)N(C)CCCC/C=C\[C@@H]4C[C@@]4(C(=O)NS(=O)(=O)C4(C)CC4)NC3=O)cc(-c3cc(C(F)(F)F)nn3C)nc2c1C. The van der Waals surface area contributed by atoms with Gasteiger partial charge >= 0.3 is 12.2 Å². The first-order chi connectivity index (χ1) is 25.4. The Hall–Kier alpha value is -4.87. The van der Waals surface area contributed by atoms with Gasteiger partial charge in [0.25, 0.3) is 5.91 Å². The number of benzene rings is 1. The van der Waals surface area contributed by atoms with Crippen molar-refractivity contribution in [1.82, 2.24) is 35.0 Å². The molecule has 18 heteroatoms. The zero-order valence-corrected chi connectivity index (χ0v) is 31.5. The molecule has 0 bridgehead atoms. The van der Waals surface area contributed by atoms with E-state index in [1.807, 2.05) is 12.2 Å². The van der Waals surface area contributed by atoms with Gasteiger partial charge in [-0.1, -0.05) is 12.2 Å². The maximum absolute atomic E-state index is 14.0. The summed E-state index contributed by atoms with van der Waals surface area (Å²) in [6.07, 6.45) is 2.06. The highest BCUT2D eigenvalue weighted by Gasteiger charge is 2.62. The number of urea groups is 1. The molecule has 2 aliphatic carbocycles. The van der Waals surface area contributed by atoms with Crippen LogP contribution in [0.1, 0.15) is 63.1 Å². The lowest BCUT2D eigenvalue weighted by Crippen LogP contribution is -2.58. The molecule has 3 N–H and O–H groups in total. The minimum absolute atomic E-state index is 0.0753. The van der Waals surface area contributed by atoms with Crippen molar-refractivity contribution in [2.75, 3.05) is 27.3 Å². The molecule has 292 valence electrons. The van der Waals surface area contributed by atoms with E-state index >= 15 is 0 Å². The Morgan fingerprint density at radius 3 is 2.54 bits per heavy atom. The van der Waals surface area contributed by atoms with Crippen LogP contribution in [-0.2, 0) is 32.8 Å². The largest absolute Gasteiger partial charge is 0.496 e. The van der Waals surface area contributed by atoms with Gasteiger partial charge in [0.05, 0.1) is 35.4 Å². The van der Waals surface area contributed by atoms with Gasteiger partial charge in [-0.05, 0) is 70.6 Å². The van der Waals surface area contributed by atoms with Gasteiger partial charge in [-0.3, -0.25) is 19.0 Å². The Morgan fingerprint density at radius 2 is 1.87 bits per heavy atom. The molecule has 2 aromatic heterocycles. The second-order valence-corrected chi connectivity index (χ2v) is 16.7. The molecule has 3 heterocycles. The number of aryl methyl sites for hydroxylation is 2. The van der Waals surface area contributed by atoms with Crippen LogP contribution in [0.25, 0.3) is 22.3 Å². The average Bonchev–Trinajstić information content (AvgIpc) is 3.99. The fourth-order valence-corrected chi connectivity index (χ4v) is 7.87. The number of rotatable bonds is 9. The zero-order chi connectivity index (χ0) is 39.2. The molecule has 1 aromatic carbocycles. The molecule has 14 nitrogen and oxygen atoms in total. The number of nitrogens with one attached hydrogen (secondary N) is 3. The number of fused-ring (bicyclic) bond motifs is 2. The quantitative estimate of drug-likeness (QED) is 0.267. The lowest BCUT2D eigenvalue weighted by atomic mass is 10.1. The number of nitrogens with zero attached hydrogens (tertiary/aromatic N) is 4. The van der Waals surface area contributed by atoms with Crippen LogP contribution < -0.4 is 24.8 Å². The van der Waals surface area contributed by atoms with Crippen LogP contribution in [0.4, 0.5) is 18.0 Å². The van der Waals surface area contributed by atoms with Crippen molar-refractivity contribution in [3.05, 3.63) is 47.7 Å². The second kappa shape index (κ2) is 14.4. The molecule has 2 fully saturated rings. The Morgan fingerprint density at radius 1 is 1.13 bits per heavy atom. The fourth-order valence-electron chi connectivity index (χ4n) is 6.55. The van der Waals surface area contributed by atoms with Crippen molar-refractivity contribution in [2.45, 2.75) is 81.3 Å². The van der Waals surface area contributed by atoms with Gasteiger partial charge in [-0.25, -0.2) is 18.2 Å². The number of methoxy groups -OCH3 is 1. The number of pyridine rings is 1. The number of alkyl halides is 3. The van der Waals surface area contributed by atoms with Crippen molar-refractivity contribution in [2.24, 2.45) is 13.0 Å². The number of ether oxygens (including phenoxy) is 2. The van der Waals surface area contributed by atoms with Gasteiger partial charge in [-0.2, -0.15) is 18.3 Å². The zero-order valence-electron chi connectivity index (χ0n) is 30.7. The van der Waals surface area contributed by atoms with Crippen LogP contribution in [0.15, 0.2) is 36.4 Å². The van der Waals surface area contributed by atoms with E-state index in [0.29, 0.717) is 54.4 Å². The topological polar surface area (TPSA) is 174 Å². The van der Waals surface area contributed by atoms with E-state index in [2.05, 4.69) is 25.4 Å². The van der Waals surface area contributed by atoms with Crippen molar-refractivity contribution in [3.8, 4) is 22.9 Å². The monoisotopic (exact) mass is 775 g/mol. The molecule has 2 saturated carbocycles. The standard InChI is InChI=1S/C36H44F3N7O7S/c1-21-27(52-5)12-11-23-28(18-25(40-30(21)23)26-19-29(36(37,38)39)43-46(26)4)53-17-13-24-31(47)42-35(32(48)44-54(50,51)34(2)14-15-34)20-22(35)10-8-6-7-9-16-45(3)33(49)41-24/h8,10-12,18-19,22,24H,6-7,9,13-17,20H2,1-5H3,(H,41,49)(H,42,47)(H,44,48)/b10-8-/t22-,24+,35-/m1/s1. The number of allylic oxidation sites excluding steroid dienone is 1. The van der Waals surface area contributed by atoms with Crippen LogP contribution in [0, 0.1) is 12.8 Å². The van der Waals surface area contributed by atoms with E-state index in [1.165, 1.54) is 25.1 Å². The third-order valence-corrected chi connectivity index (χ3v) is 12.7. The molecule has 6 rings (SSSR count). The Balaban J connectivity index is 1.29. The second-order valence-electron chi connectivity index (χ2n) is 14.5. The molecular weight excluding hydrogens is 731 g/mol. The van der Waals surface area contributed by atoms with Gasteiger partial charge in [0.2, 0.25) is 15.9 Å². The highest BCUT2D eigenvalue weighted by atomic mass is 32.2. The molecule has 0 radical (unpaired) electrons. The summed E-state index contributed by atoms with van der Waals surface area (Å²) in [5.74, 6) is -1.29. The summed E-state index contributed by atoms with van der Waals surface area (Å²) in [4.78, 5) is 47.0. The molecular formula is C36H44F3N7O7S. The number of carbonyl (C=O) groups excluding carboxylic acids is 3.